The van der Waals surface area contributed by atoms with Crippen molar-refractivity contribution in [3.05, 3.63) is 29.8 Å². The Hall–Kier alpha value is -1.55. The summed E-state index contributed by atoms with van der Waals surface area (Å²) >= 11 is 0. The number of hydrogen-bond acceptors (Lipinski definition) is 2. The van der Waals surface area contributed by atoms with E-state index >= 15 is 0 Å². The minimum Gasteiger partial charge on any atom is -0.326 e. The SMILES string of the molecule is CN1CCN(c2ccccc2CN)C1=O. The molecule has 1 heterocycles. The van der Waals surface area contributed by atoms with Crippen molar-refractivity contribution in [1.82, 2.24) is 4.90 Å². The summed E-state index contributed by atoms with van der Waals surface area (Å²) < 4.78 is 0. The Morgan fingerprint density at radius 1 is 1.33 bits per heavy atom. The Morgan fingerprint density at radius 2 is 2.07 bits per heavy atom. The molecule has 0 aliphatic carbocycles. The molecular formula is C11H15N3O. The number of hydrogen-bond donors (Lipinski definition) is 1. The first kappa shape index (κ1) is 9.98. The van der Waals surface area contributed by atoms with Gasteiger partial charge < -0.3 is 10.6 Å². The van der Waals surface area contributed by atoms with Crippen molar-refractivity contribution < 1.29 is 4.79 Å². The van der Waals surface area contributed by atoms with Gasteiger partial charge in [0.1, 0.15) is 0 Å². The van der Waals surface area contributed by atoms with Crippen LogP contribution in [0.15, 0.2) is 24.3 Å². The molecule has 2 rings (SSSR count). The maximum Gasteiger partial charge on any atom is 0.324 e. The number of nitrogens with zero attached hydrogens (tertiary/aromatic N) is 2. The third-order valence-corrected chi connectivity index (χ3v) is 2.72. The predicted molar refractivity (Wildman–Crippen MR) is 59.7 cm³/mol. The Kier molecular flexibility index (Phi) is 2.60. The third-order valence-electron chi connectivity index (χ3n) is 2.72. The molecule has 1 aromatic carbocycles. The molecule has 1 aromatic rings. The van der Waals surface area contributed by atoms with E-state index in [1.807, 2.05) is 31.3 Å². The van der Waals surface area contributed by atoms with Gasteiger partial charge in [-0.1, -0.05) is 18.2 Å². The van der Waals surface area contributed by atoms with Crippen LogP contribution in [0.1, 0.15) is 5.56 Å². The van der Waals surface area contributed by atoms with E-state index in [1.165, 1.54) is 0 Å². The molecule has 2 N–H and O–H groups in total. The van der Waals surface area contributed by atoms with Gasteiger partial charge in [-0.25, -0.2) is 4.79 Å². The van der Waals surface area contributed by atoms with E-state index in [-0.39, 0.29) is 6.03 Å². The number of anilines is 1. The number of para-hydroxylation sites is 1. The standard InChI is InChI=1S/C11H15N3O/c1-13-6-7-14(11(13)15)10-5-3-2-4-9(10)8-12/h2-5H,6-8,12H2,1H3. The second kappa shape index (κ2) is 3.90. The molecule has 1 aliphatic heterocycles. The van der Waals surface area contributed by atoms with Crippen LogP contribution in [0, 0.1) is 0 Å². The molecule has 0 aromatic heterocycles. The second-order valence-corrected chi connectivity index (χ2v) is 3.69. The van der Waals surface area contributed by atoms with E-state index in [9.17, 15) is 4.79 Å². The number of urea groups is 1. The number of carbonyl (C=O) groups excluding carboxylic acids is 1. The normalized spacial score (nSPS) is 16.3. The molecule has 0 unspecified atom stereocenters. The highest BCUT2D eigenvalue weighted by Gasteiger charge is 2.27. The summed E-state index contributed by atoms with van der Waals surface area (Å²) in [6.07, 6.45) is 0. The van der Waals surface area contributed by atoms with Crippen molar-refractivity contribution >= 4 is 11.7 Å². The van der Waals surface area contributed by atoms with Crippen LogP contribution in [0.25, 0.3) is 0 Å². The Labute approximate surface area is 89.3 Å². The zero-order valence-corrected chi connectivity index (χ0v) is 8.81. The monoisotopic (exact) mass is 205 g/mol. The maximum atomic E-state index is 11.8. The fourth-order valence-electron chi connectivity index (χ4n) is 1.82. The predicted octanol–water partition coefficient (Wildman–Crippen LogP) is 1.02. The molecule has 4 nitrogen and oxygen atoms in total. The van der Waals surface area contributed by atoms with Gasteiger partial charge in [-0.05, 0) is 11.6 Å². The zero-order chi connectivity index (χ0) is 10.8. The highest BCUT2D eigenvalue weighted by Crippen LogP contribution is 2.23. The highest BCUT2D eigenvalue weighted by molar-refractivity contribution is 5.94. The lowest BCUT2D eigenvalue weighted by Crippen LogP contribution is -2.30. The van der Waals surface area contributed by atoms with E-state index in [1.54, 1.807) is 9.80 Å². The molecular weight excluding hydrogens is 190 g/mol. The smallest absolute Gasteiger partial charge is 0.324 e. The lowest BCUT2D eigenvalue weighted by Gasteiger charge is -2.18. The minimum atomic E-state index is 0.0518. The fourth-order valence-corrected chi connectivity index (χ4v) is 1.82. The average molecular weight is 205 g/mol. The summed E-state index contributed by atoms with van der Waals surface area (Å²) in [6.45, 7) is 1.98. The van der Waals surface area contributed by atoms with E-state index < -0.39 is 0 Å². The van der Waals surface area contributed by atoms with Crippen LogP contribution in [0.4, 0.5) is 10.5 Å². The zero-order valence-electron chi connectivity index (χ0n) is 8.81. The lowest BCUT2D eigenvalue weighted by atomic mass is 10.1. The first-order chi connectivity index (χ1) is 7.24. The minimum absolute atomic E-state index is 0.0518. The molecule has 1 fully saturated rings. The van der Waals surface area contributed by atoms with E-state index in [0.717, 1.165) is 24.3 Å². The van der Waals surface area contributed by atoms with Gasteiger partial charge >= 0.3 is 6.03 Å². The van der Waals surface area contributed by atoms with Crippen LogP contribution >= 0.6 is 0 Å². The van der Waals surface area contributed by atoms with Gasteiger partial charge in [0.2, 0.25) is 0 Å². The number of carbonyl (C=O) groups is 1. The Morgan fingerprint density at radius 3 is 2.67 bits per heavy atom. The fraction of sp³-hybridized carbons (Fsp3) is 0.364. The number of benzene rings is 1. The Bertz CT molecular complexity index is 378. The molecule has 0 atom stereocenters. The molecule has 4 heteroatoms. The van der Waals surface area contributed by atoms with Crippen LogP contribution in [-0.4, -0.2) is 31.1 Å². The van der Waals surface area contributed by atoms with Crippen LogP contribution < -0.4 is 10.6 Å². The van der Waals surface area contributed by atoms with Crippen LogP contribution in [0.3, 0.4) is 0 Å². The van der Waals surface area contributed by atoms with Gasteiger partial charge in [-0.2, -0.15) is 0 Å². The van der Waals surface area contributed by atoms with Gasteiger partial charge in [0.15, 0.2) is 0 Å². The van der Waals surface area contributed by atoms with Crippen LogP contribution in [0.5, 0.6) is 0 Å². The van der Waals surface area contributed by atoms with Gasteiger partial charge in [0, 0.05) is 32.4 Å². The summed E-state index contributed by atoms with van der Waals surface area (Å²) in [4.78, 5) is 15.3. The topological polar surface area (TPSA) is 49.6 Å². The number of likely N-dealkylation sites (N-methyl/N-ethyl adjacent to an activating group) is 1. The van der Waals surface area contributed by atoms with Gasteiger partial charge in [0.05, 0.1) is 0 Å². The first-order valence-corrected chi connectivity index (χ1v) is 5.04. The van der Waals surface area contributed by atoms with E-state index in [2.05, 4.69) is 0 Å². The molecule has 0 bridgehead atoms. The third kappa shape index (κ3) is 1.68. The van der Waals surface area contributed by atoms with Crippen molar-refractivity contribution in [3.8, 4) is 0 Å². The van der Waals surface area contributed by atoms with Crippen LogP contribution in [-0.2, 0) is 6.54 Å². The number of amides is 2. The van der Waals surface area contributed by atoms with Crippen molar-refractivity contribution in [1.29, 1.82) is 0 Å². The quantitative estimate of drug-likeness (QED) is 0.783. The highest BCUT2D eigenvalue weighted by atomic mass is 16.2. The maximum absolute atomic E-state index is 11.8. The summed E-state index contributed by atoms with van der Waals surface area (Å²) in [5.74, 6) is 0. The molecule has 15 heavy (non-hydrogen) atoms. The summed E-state index contributed by atoms with van der Waals surface area (Å²) in [6, 6.07) is 7.83. The lowest BCUT2D eigenvalue weighted by molar-refractivity contribution is 0.229. The van der Waals surface area contributed by atoms with E-state index in [0.29, 0.717) is 6.54 Å². The molecule has 80 valence electrons. The van der Waals surface area contributed by atoms with E-state index in [4.69, 9.17) is 5.73 Å². The van der Waals surface area contributed by atoms with Crippen LogP contribution in [0.2, 0.25) is 0 Å². The molecule has 2 amide bonds. The molecule has 0 radical (unpaired) electrons. The summed E-state index contributed by atoms with van der Waals surface area (Å²) in [7, 11) is 1.81. The molecule has 1 saturated heterocycles. The first-order valence-electron chi connectivity index (χ1n) is 5.04. The summed E-state index contributed by atoms with van der Waals surface area (Å²) in [5, 5.41) is 0. The van der Waals surface area contributed by atoms with Gasteiger partial charge in [-0.3, -0.25) is 4.90 Å². The van der Waals surface area contributed by atoms with Crippen molar-refractivity contribution in [2.24, 2.45) is 5.73 Å². The summed E-state index contributed by atoms with van der Waals surface area (Å²) in [5.41, 5.74) is 7.60. The van der Waals surface area contributed by atoms with Crippen molar-refractivity contribution in [2.45, 2.75) is 6.54 Å². The Balaban J connectivity index is 2.33. The second-order valence-electron chi connectivity index (χ2n) is 3.69. The largest absolute Gasteiger partial charge is 0.326 e. The molecule has 1 aliphatic rings. The molecule has 0 saturated carbocycles. The van der Waals surface area contributed by atoms with Crippen molar-refractivity contribution in [2.75, 3.05) is 25.0 Å². The number of nitrogens with two attached hydrogens (primary N) is 1. The molecule has 0 spiro atoms. The van der Waals surface area contributed by atoms with Crippen molar-refractivity contribution in [3.63, 3.8) is 0 Å². The van der Waals surface area contributed by atoms with Gasteiger partial charge in [0.25, 0.3) is 0 Å². The van der Waals surface area contributed by atoms with Gasteiger partial charge in [-0.15, -0.1) is 0 Å². The number of rotatable bonds is 2. The average Bonchev–Trinajstić information content (AvgIpc) is 2.60.